The maximum atomic E-state index is 13.2. The second-order valence-corrected chi connectivity index (χ2v) is 8.72. The van der Waals surface area contributed by atoms with E-state index in [1.165, 1.54) is 6.42 Å². The number of halogens is 1. The van der Waals surface area contributed by atoms with E-state index in [4.69, 9.17) is 4.74 Å². The number of quaternary nitrogens is 1. The number of carbonyl (C=O) groups is 1. The second kappa shape index (κ2) is 7.25. The van der Waals surface area contributed by atoms with Crippen molar-refractivity contribution in [2.45, 2.75) is 68.7 Å². The van der Waals surface area contributed by atoms with Crippen molar-refractivity contribution in [3.63, 3.8) is 0 Å². The molecule has 3 fully saturated rings. The number of aliphatic hydroxyl groups is 1. The highest BCUT2D eigenvalue weighted by atomic mass is 79.9. The molecule has 1 N–H and O–H groups in total. The number of ether oxygens (including phenoxy) is 1. The summed E-state index contributed by atoms with van der Waals surface area (Å²) in [5.41, 5.74) is -0.819. The lowest BCUT2D eigenvalue weighted by Crippen LogP contribution is -3.00. The highest BCUT2D eigenvalue weighted by Gasteiger charge is 2.58. The van der Waals surface area contributed by atoms with Crippen LogP contribution in [-0.4, -0.2) is 47.8 Å². The summed E-state index contributed by atoms with van der Waals surface area (Å²) >= 11 is 0. The van der Waals surface area contributed by atoms with Crippen LogP contribution in [0.15, 0.2) is 30.3 Å². The van der Waals surface area contributed by atoms with Crippen LogP contribution < -0.4 is 17.0 Å². The Morgan fingerprint density at radius 3 is 2.31 bits per heavy atom. The molecule has 2 unspecified atom stereocenters. The van der Waals surface area contributed by atoms with Crippen LogP contribution in [0, 0.1) is 5.92 Å². The van der Waals surface area contributed by atoms with Crippen LogP contribution in [-0.2, 0) is 15.1 Å². The van der Waals surface area contributed by atoms with E-state index in [9.17, 15) is 9.90 Å². The highest BCUT2D eigenvalue weighted by Crippen LogP contribution is 2.46. The van der Waals surface area contributed by atoms with Gasteiger partial charge >= 0.3 is 5.97 Å². The molecule has 0 aromatic heterocycles. The average Bonchev–Trinajstić information content (AvgIpc) is 3.30. The Kier molecular flexibility index (Phi) is 5.53. The maximum Gasteiger partial charge on any atom is 0.343 e. The van der Waals surface area contributed by atoms with Crippen molar-refractivity contribution >= 4 is 5.97 Å². The molecule has 0 spiro atoms. The normalized spacial score (nSPS) is 32.0. The Balaban J connectivity index is 0.00000196. The minimum atomic E-state index is -1.50. The standard InChI is InChI=1S/C21H30NO3.BrH/c1-22(2)17-12-13-18(22)19(14-17)25-20(23)21(24,16-10-6-7-11-16)15-8-4-3-5-9-15;/h3-5,8-9,16-19,24H,6-7,10-14H2,1-2H3;1H/q+1;/p-1/t17?,18?,19-,21+;/m1./s1. The summed E-state index contributed by atoms with van der Waals surface area (Å²) in [6.07, 6.45) is 7.13. The molecule has 4 rings (SSSR count). The first-order chi connectivity index (χ1) is 11.9. The third-order valence-corrected chi connectivity index (χ3v) is 7.25. The minimum absolute atomic E-state index is 0. The molecular formula is C21H30BrNO3. The van der Waals surface area contributed by atoms with Gasteiger partial charge in [0.25, 0.3) is 0 Å². The van der Waals surface area contributed by atoms with Crippen LogP contribution in [0.3, 0.4) is 0 Å². The zero-order chi connectivity index (χ0) is 17.7. The summed E-state index contributed by atoms with van der Waals surface area (Å²) in [5.74, 6) is -0.466. The highest BCUT2D eigenvalue weighted by molar-refractivity contribution is 5.82. The quantitative estimate of drug-likeness (QED) is 0.547. The number of nitrogens with zero attached hydrogens (tertiary/aromatic N) is 1. The molecule has 5 heteroatoms. The molecule has 0 amide bonds. The molecule has 1 aromatic carbocycles. The number of carbonyl (C=O) groups excluding carboxylic acids is 1. The van der Waals surface area contributed by atoms with E-state index in [-0.39, 0.29) is 29.0 Å². The van der Waals surface area contributed by atoms with Gasteiger partial charge in [-0.2, -0.15) is 0 Å². The average molecular weight is 424 g/mol. The van der Waals surface area contributed by atoms with Crippen LogP contribution in [0.25, 0.3) is 0 Å². The van der Waals surface area contributed by atoms with Gasteiger partial charge in [-0.1, -0.05) is 43.2 Å². The number of rotatable bonds is 4. The maximum absolute atomic E-state index is 13.2. The molecule has 26 heavy (non-hydrogen) atoms. The number of hydrogen-bond donors (Lipinski definition) is 1. The molecule has 1 aromatic rings. The fourth-order valence-corrected chi connectivity index (χ4v) is 5.64. The van der Waals surface area contributed by atoms with Gasteiger partial charge in [-0.15, -0.1) is 0 Å². The lowest BCUT2D eigenvalue weighted by atomic mass is 9.80. The third-order valence-electron chi connectivity index (χ3n) is 7.25. The first-order valence-corrected chi connectivity index (χ1v) is 9.76. The van der Waals surface area contributed by atoms with Crippen LogP contribution in [0.5, 0.6) is 0 Å². The van der Waals surface area contributed by atoms with E-state index in [0.29, 0.717) is 17.6 Å². The predicted molar refractivity (Wildman–Crippen MR) is 95.7 cm³/mol. The number of benzene rings is 1. The first-order valence-electron chi connectivity index (χ1n) is 9.76. The van der Waals surface area contributed by atoms with Crippen molar-refractivity contribution in [1.29, 1.82) is 0 Å². The van der Waals surface area contributed by atoms with Crippen molar-refractivity contribution in [2.75, 3.05) is 14.1 Å². The van der Waals surface area contributed by atoms with Crippen LogP contribution in [0.1, 0.15) is 50.5 Å². The molecule has 2 heterocycles. The molecule has 1 aliphatic carbocycles. The predicted octanol–water partition coefficient (Wildman–Crippen LogP) is -0.00870. The Hall–Kier alpha value is -0.910. The fourth-order valence-electron chi connectivity index (χ4n) is 5.64. The molecule has 144 valence electrons. The zero-order valence-electron chi connectivity index (χ0n) is 15.7. The number of fused-ring (bicyclic) bond motifs is 2. The van der Waals surface area contributed by atoms with Crippen molar-refractivity contribution in [1.82, 2.24) is 0 Å². The topological polar surface area (TPSA) is 46.5 Å². The van der Waals surface area contributed by atoms with E-state index >= 15 is 0 Å². The van der Waals surface area contributed by atoms with Gasteiger partial charge in [0, 0.05) is 25.2 Å². The van der Waals surface area contributed by atoms with Gasteiger partial charge < -0.3 is 31.3 Å². The van der Waals surface area contributed by atoms with E-state index in [1.54, 1.807) is 0 Å². The van der Waals surface area contributed by atoms with Crippen molar-refractivity contribution in [3.05, 3.63) is 35.9 Å². The summed E-state index contributed by atoms with van der Waals surface area (Å²) < 4.78 is 6.96. The Morgan fingerprint density at radius 1 is 1.12 bits per heavy atom. The lowest BCUT2D eigenvalue weighted by Gasteiger charge is -2.35. The van der Waals surface area contributed by atoms with Crippen LogP contribution in [0.2, 0.25) is 0 Å². The fraction of sp³-hybridized carbons (Fsp3) is 0.667. The lowest BCUT2D eigenvalue weighted by molar-refractivity contribution is -0.913. The molecule has 4 atom stereocenters. The van der Waals surface area contributed by atoms with Gasteiger partial charge in [-0.3, -0.25) is 0 Å². The van der Waals surface area contributed by atoms with Crippen molar-refractivity contribution in [2.24, 2.45) is 5.92 Å². The van der Waals surface area contributed by atoms with Gasteiger partial charge in [0.05, 0.1) is 20.1 Å². The molecule has 1 saturated carbocycles. The molecule has 3 aliphatic rings. The van der Waals surface area contributed by atoms with Gasteiger partial charge in [0.15, 0.2) is 11.7 Å². The number of likely N-dealkylation sites (N-methyl/N-ethyl adjacent to an activating group) is 1. The smallest absolute Gasteiger partial charge is 0.343 e. The van der Waals surface area contributed by atoms with E-state index < -0.39 is 11.6 Å². The summed E-state index contributed by atoms with van der Waals surface area (Å²) in [6, 6.07) is 10.4. The molecule has 2 bridgehead atoms. The number of hydrogen-bond acceptors (Lipinski definition) is 3. The van der Waals surface area contributed by atoms with Crippen LogP contribution >= 0.6 is 0 Å². The SMILES string of the molecule is C[N+]1(C)C2CCC1[C@H](OC(=O)[C@](O)(c1ccccc1)C1CCCC1)C2.[Br-]. The summed E-state index contributed by atoms with van der Waals surface area (Å²) in [7, 11) is 4.49. The summed E-state index contributed by atoms with van der Waals surface area (Å²) in [5, 5.41) is 11.5. The second-order valence-electron chi connectivity index (χ2n) is 8.72. The van der Waals surface area contributed by atoms with E-state index in [1.807, 2.05) is 30.3 Å². The third kappa shape index (κ3) is 3.02. The minimum Gasteiger partial charge on any atom is -1.00 e. The van der Waals surface area contributed by atoms with Crippen molar-refractivity contribution < 1.29 is 36.1 Å². The zero-order valence-corrected chi connectivity index (χ0v) is 17.3. The largest absolute Gasteiger partial charge is 1.00 e. The molecule has 2 saturated heterocycles. The molecular weight excluding hydrogens is 394 g/mol. The van der Waals surface area contributed by atoms with Gasteiger partial charge in [-0.25, -0.2) is 4.79 Å². The Morgan fingerprint density at radius 2 is 1.77 bits per heavy atom. The van der Waals surface area contributed by atoms with Gasteiger partial charge in [0.1, 0.15) is 6.04 Å². The first kappa shape index (κ1) is 19.8. The van der Waals surface area contributed by atoms with Crippen LogP contribution in [0.4, 0.5) is 0 Å². The number of esters is 1. The summed E-state index contributed by atoms with van der Waals surface area (Å²) in [4.78, 5) is 13.2. The Bertz CT molecular complexity index is 644. The van der Waals surface area contributed by atoms with Gasteiger partial charge in [0.2, 0.25) is 0 Å². The van der Waals surface area contributed by atoms with Gasteiger partial charge in [-0.05, 0) is 18.4 Å². The monoisotopic (exact) mass is 423 g/mol. The molecule has 2 aliphatic heterocycles. The van der Waals surface area contributed by atoms with E-state index in [2.05, 4.69) is 14.1 Å². The van der Waals surface area contributed by atoms with Crippen molar-refractivity contribution in [3.8, 4) is 0 Å². The molecule has 4 nitrogen and oxygen atoms in total. The van der Waals surface area contributed by atoms with E-state index in [0.717, 1.165) is 43.0 Å². The Labute approximate surface area is 166 Å². The summed E-state index contributed by atoms with van der Waals surface area (Å²) in [6.45, 7) is 0. The molecule has 0 radical (unpaired) electrons.